The van der Waals surface area contributed by atoms with Crippen molar-refractivity contribution in [3.8, 4) is 0 Å². The molecule has 0 bridgehead atoms. The fraction of sp³-hybridized carbons (Fsp3) is 0.0526. The molecule has 2 N–H and O–H groups in total. The van der Waals surface area contributed by atoms with E-state index in [0.717, 1.165) is 11.3 Å². The van der Waals surface area contributed by atoms with Gasteiger partial charge in [0.25, 0.3) is 15.9 Å². The van der Waals surface area contributed by atoms with Gasteiger partial charge in [-0.15, -0.1) is 11.3 Å². The SMILES string of the molecule is CC(=O)c1ccc(NS(=O)(=O)c2csc(C(=O)Nc3ccccc3)c2)cc1. The lowest BCUT2D eigenvalue weighted by Gasteiger charge is -2.07. The maximum atomic E-state index is 12.5. The first kappa shape index (κ1) is 18.8. The summed E-state index contributed by atoms with van der Waals surface area (Å²) in [5.74, 6) is -0.477. The fourth-order valence-corrected chi connectivity index (χ4v) is 4.51. The molecule has 3 aromatic rings. The van der Waals surface area contributed by atoms with E-state index in [9.17, 15) is 18.0 Å². The van der Waals surface area contributed by atoms with E-state index in [1.165, 1.54) is 30.5 Å². The molecule has 0 spiro atoms. The van der Waals surface area contributed by atoms with Gasteiger partial charge in [0.05, 0.1) is 9.77 Å². The van der Waals surface area contributed by atoms with Crippen molar-refractivity contribution in [1.82, 2.24) is 0 Å². The molecule has 8 heteroatoms. The average Bonchev–Trinajstić information content (AvgIpc) is 3.14. The molecular formula is C19H16N2O4S2. The van der Waals surface area contributed by atoms with E-state index in [0.29, 0.717) is 16.9 Å². The Balaban J connectivity index is 1.74. The third-order valence-corrected chi connectivity index (χ3v) is 6.12. The monoisotopic (exact) mass is 400 g/mol. The van der Waals surface area contributed by atoms with Crippen LogP contribution in [0, 0.1) is 0 Å². The molecule has 0 radical (unpaired) electrons. The molecule has 0 unspecified atom stereocenters. The van der Waals surface area contributed by atoms with Crippen LogP contribution in [0.4, 0.5) is 11.4 Å². The van der Waals surface area contributed by atoms with Crippen LogP contribution in [0.2, 0.25) is 0 Å². The topological polar surface area (TPSA) is 92.3 Å². The zero-order chi connectivity index (χ0) is 19.4. The lowest BCUT2D eigenvalue weighted by atomic mass is 10.1. The molecule has 1 heterocycles. The maximum Gasteiger partial charge on any atom is 0.265 e. The van der Waals surface area contributed by atoms with Crippen LogP contribution in [0.5, 0.6) is 0 Å². The van der Waals surface area contributed by atoms with Crippen molar-refractivity contribution in [1.29, 1.82) is 0 Å². The van der Waals surface area contributed by atoms with Crippen LogP contribution < -0.4 is 10.0 Å². The molecule has 0 aliphatic rings. The smallest absolute Gasteiger partial charge is 0.265 e. The number of Topliss-reactive ketones (excluding diaryl/α,β-unsaturated/α-hetero) is 1. The summed E-state index contributed by atoms with van der Waals surface area (Å²) in [4.78, 5) is 23.8. The number of para-hydroxylation sites is 1. The van der Waals surface area contributed by atoms with Crippen LogP contribution in [0.15, 0.2) is 70.9 Å². The molecule has 1 aromatic heterocycles. The second-order valence-corrected chi connectivity index (χ2v) is 8.30. The lowest BCUT2D eigenvalue weighted by Crippen LogP contribution is -2.13. The summed E-state index contributed by atoms with van der Waals surface area (Å²) in [6.07, 6.45) is 0. The molecule has 2 aromatic carbocycles. The Hall–Kier alpha value is -2.97. The number of carbonyl (C=O) groups is 2. The van der Waals surface area contributed by atoms with Crippen LogP contribution in [0.1, 0.15) is 27.0 Å². The first-order valence-electron chi connectivity index (χ1n) is 7.94. The Labute approximate surface area is 160 Å². The van der Waals surface area contributed by atoms with Crippen molar-refractivity contribution in [3.05, 3.63) is 76.5 Å². The van der Waals surface area contributed by atoms with Gasteiger partial charge in [0.15, 0.2) is 5.78 Å². The van der Waals surface area contributed by atoms with Gasteiger partial charge in [-0.1, -0.05) is 18.2 Å². The lowest BCUT2D eigenvalue weighted by molar-refractivity contribution is 0.101. The zero-order valence-electron chi connectivity index (χ0n) is 14.3. The highest BCUT2D eigenvalue weighted by molar-refractivity contribution is 7.92. The van der Waals surface area contributed by atoms with Crippen LogP contribution >= 0.6 is 11.3 Å². The van der Waals surface area contributed by atoms with E-state index in [4.69, 9.17) is 0 Å². The molecule has 0 atom stereocenters. The minimum atomic E-state index is -3.84. The molecule has 0 aliphatic heterocycles. The van der Waals surface area contributed by atoms with E-state index < -0.39 is 10.0 Å². The summed E-state index contributed by atoms with van der Waals surface area (Å²) in [7, 11) is -3.84. The Morgan fingerprint density at radius 3 is 2.22 bits per heavy atom. The number of thiophene rings is 1. The number of hydrogen-bond donors (Lipinski definition) is 2. The largest absolute Gasteiger partial charge is 0.321 e. The third kappa shape index (κ3) is 4.60. The standard InChI is InChI=1S/C19H16N2O4S2/c1-13(22)14-7-9-16(10-8-14)21-27(24,25)17-11-18(26-12-17)19(23)20-15-5-3-2-4-6-15/h2-12,21H,1H3,(H,20,23). The van der Waals surface area contributed by atoms with Crippen molar-refractivity contribution in [2.45, 2.75) is 11.8 Å². The van der Waals surface area contributed by atoms with E-state index in [1.54, 1.807) is 36.4 Å². The van der Waals surface area contributed by atoms with Gasteiger partial charge >= 0.3 is 0 Å². The molecule has 0 fully saturated rings. The van der Waals surface area contributed by atoms with Gasteiger partial charge in [0.2, 0.25) is 0 Å². The number of carbonyl (C=O) groups excluding carboxylic acids is 2. The average molecular weight is 400 g/mol. The number of amides is 1. The number of sulfonamides is 1. The molecular weight excluding hydrogens is 384 g/mol. The highest BCUT2D eigenvalue weighted by Crippen LogP contribution is 2.23. The first-order valence-corrected chi connectivity index (χ1v) is 10.3. The molecule has 0 saturated heterocycles. The van der Waals surface area contributed by atoms with Crippen molar-refractivity contribution >= 4 is 44.4 Å². The van der Waals surface area contributed by atoms with Crippen molar-refractivity contribution in [2.75, 3.05) is 10.0 Å². The van der Waals surface area contributed by atoms with E-state index in [1.807, 2.05) is 6.07 Å². The first-order chi connectivity index (χ1) is 12.8. The van der Waals surface area contributed by atoms with Crippen LogP contribution in [-0.2, 0) is 10.0 Å². The molecule has 3 rings (SSSR count). The van der Waals surface area contributed by atoms with E-state index in [2.05, 4.69) is 10.0 Å². The van der Waals surface area contributed by atoms with Gasteiger partial charge < -0.3 is 5.32 Å². The summed E-state index contributed by atoms with van der Waals surface area (Å²) < 4.78 is 27.5. The minimum absolute atomic E-state index is 0.00126. The highest BCUT2D eigenvalue weighted by Gasteiger charge is 2.19. The van der Waals surface area contributed by atoms with Gasteiger partial charge in [-0.05, 0) is 49.4 Å². The fourth-order valence-electron chi connectivity index (χ4n) is 2.28. The summed E-state index contributed by atoms with van der Waals surface area (Å²) in [6, 6.07) is 16.4. The predicted molar refractivity (Wildman–Crippen MR) is 106 cm³/mol. The number of ketones is 1. The number of rotatable bonds is 6. The number of benzene rings is 2. The van der Waals surface area contributed by atoms with Crippen molar-refractivity contribution in [3.63, 3.8) is 0 Å². The van der Waals surface area contributed by atoms with Gasteiger partial charge in [-0.25, -0.2) is 8.42 Å². The highest BCUT2D eigenvalue weighted by atomic mass is 32.2. The van der Waals surface area contributed by atoms with Crippen LogP contribution in [-0.4, -0.2) is 20.1 Å². The second kappa shape index (κ2) is 7.73. The predicted octanol–water partition coefficient (Wildman–Crippen LogP) is 4.00. The zero-order valence-corrected chi connectivity index (χ0v) is 15.9. The van der Waals surface area contributed by atoms with Gasteiger partial charge in [-0.2, -0.15) is 0 Å². The van der Waals surface area contributed by atoms with Gasteiger partial charge in [0.1, 0.15) is 0 Å². The quantitative estimate of drug-likeness (QED) is 0.612. The van der Waals surface area contributed by atoms with Crippen molar-refractivity contribution < 1.29 is 18.0 Å². The molecule has 6 nitrogen and oxygen atoms in total. The summed E-state index contributed by atoms with van der Waals surface area (Å²) in [6.45, 7) is 1.44. The van der Waals surface area contributed by atoms with E-state index in [-0.39, 0.29) is 21.5 Å². The van der Waals surface area contributed by atoms with Crippen LogP contribution in [0.3, 0.4) is 0 Å². The van der Waals surface area contributed by atoms with Crippen LogP contribution in [0.25, 0.3) is 0 Å². The molecule has 27 heavy (non-hydrogen) atoms. The summed E-state index contributed by atoms with van der Waals surface area (Å²) in [5.41, 5.74) is 1.46. The normalized spacial score (nSPS) is 11.0. The Morgan fingerprint density at radius 1 is 0.926 bits per heavy atom. The maximum absolute atomic E-state index is 12.5. The number of anilines is 2. The van der Waals surface area contributed by atoms with Crippen molar-refractivity contribution in [2.24, 2.45) is 0 Å². The Bertz CT molecular complexity index is 1070. The van der Waals surface area contributed by atoms with E-state index >= 15 is 0 Å². The number of nitrogens with one attached hydrogen (secondary N) is 2. The summed E-state index contributed by atoms with van der Waals surface area (Å²) in [5, 5.41) is 4.12. The molecule has 0 aliphatic carbocycles. The molecule has 138 valence electrons. The second-order valence-electron chi connectivity index (χ2n) is 5.71. The Morgan fingerprint density at radius 2 is 1.59 bits per heavy atom. The van der Waals surface area contributed by atoms with Gasteiger partial charge in [-0.3, -0.25) is 14.3 Å². The Kier molecular flexibility index (Phi) is 5.38. The van der Waals surface area contributed by atoms with Gasteiger partial charge in [0, 0.05) is 22.3 Å². The minimum Gasteiger partial charge on any atom is -0.321 e. The summed E-state index contributed by atoms with van der Waals surface area (Å²) >= 11 is 1.04. The number of hydrogen-bond acceptors (Lipinski definition) is 5. The third-order valence-electron chi connectivity index (χ3n) is 3.68. The molecule has 1 amide bonds. The molecule has 0 saturated carbocycles.